The van der Waals surface area contributed by atoms with Crippen molar-refractivity contribution in [3.63, 3.8) is 0 Å². The molecule has 4 heteroatoms. The van der Waals surface area contributed by atoms with Gasteiger partial charge in [-0.05, 0) is 48.6 Å². The Morgan fingerprint density at radius 1 is 1.26 bits per heavy atom. The molecule has 1 saturated carbocycles. The summed E-state index contributed by atoms with van der Waals surface area (Å²) in [5, 5.41) is 3.23. The largest absolute Gasteiger partial charge is 0.307 e. The summed E-state index contributed by atoms with van der Waals surface area (Å²) in [5.74, 6) is 0.985. The van der Waals surface area contributed by atoms with E-state index in [1.165, 1.54) is 18.4 Å². The van der Waals surface area contributed by atoms with Gasteiger partial charge in [0, 0.05) is 6.20 Å². The van der Waals surface area contributed by atoms with Crippen molar-refractivity contribution in [1.29, 1.82) is 0 Å². The number of amides is 1. The van der Waals surface area contributed by atoms with Gasteiger partial charge in [-0.15, -0.1) is 0 Å². The fourth-order valence-electron chi connectivity index (χ4n) is 2.01. The number of rotatable bonds is 3. The van der Waals surface area contributed by atoms with E-state index < -0.39 is 0 Å². The number of carbonyl (C=O) groups is 1. The normalized spacial score (nSPS) is 14.2. The van der Waals surface area contributed by atoms with Crippen LogP contribution in [-0.2, 0) is 0 Å². The molecular weight excluding hydrogens is 260 g/mol. The quantitative estimate of drug-likeness (QED) is 0.922. The first-order chi connectivity index (χ1) is 9.24. The SMILES string of the molecule is O=C(Nc1cc(C2CC2)ccn1)c1ccccc1Cl. The number of benzene rings is 1. The van der Waals surface area contributed by atoms with E-state index in [1.807, 2.05) is 12.1 Å². The Morgan fingerprint density at radius 3 is 2.79 bits per heavy atom. The second-order valence-corrected chi connectivity index (χ2v) is 5.09. The first-order valence-electron chi connectivity index (χ1n) is 6.26. The van der Waals surface area contributed by atoms with Crippen LogP contribution < -0.4 is 5.32 Å². The summed E-state index contributed by atoms with van der Waals surface area (Å²) < 4.78 is 0. The van der Waals surface area contributed by atoms with Crippen LogP contribution >= 0.6 is 11.6 Å². The van der Waals surface area contributed by atoms with Crippen LogP contribution in [0.25, 0.3) is 0 Å². The zero-order valence-corrected chi connectivity index (χ0v) is 11.0. The highest BCUT2D eigenvalue weighted by atomic mass is 35.5. The van der Waals surface area contributed by atoms with Crippen LogP contribution in [-0.4, -0.2) is 10.9 Å². The lowest BCUT2D eigenvalue weighted by Gasteiger charge is -2.07. The van der Waals surface area contributed by atoms with Gasteiger partial charge in [-0.1, -0.05) is 23.7 Å². The highest BCUT2D eigenvalue weighted by molar-refractivity contribution is 6.34. The first-order valence-corrected chi connectivity index (χ1v) is 6.63. The smallest absolute Gasteiger partial charge is 0.258 e. The molecule has 0 aliphatic heterocycles. The van der Waals surface area contributed by atoms with Crippen molar-refractivity contribution < 1.29 is 4.79 Å². The summed E-state index contributed by atoms with van der Waals surface area (Å²) in [6.07, 6.45) is 4.18. The van der Waals surface area contributed by atoms with Crippen LogP contribution in [0.15, 0.2) is 42.6 Å². The third-order valence-electron chi connectivity index (χ3n) is 3.19. The van der Waals surface area contributed by atoms with Crippen LogP contribution in [0.2, 0.25) is 5.02 Å². The highest BCUT2D eigenvalue weighted by Gasteiger charge is 2.23. The third-order valence-corrected chi connectivity index (χ3v) is 3.52. The lowest BCUT2D eigenvalue weighted by atomic mass is 10.1. The number of halogens is 1. The molecule has 1 aromatic heterocycles. The van der Waals surface area contributed by atoms with Crippen LogP contribution in [0, 0.1) is 0 Å². The Morgan fingerprint density at radius 2 is 2.05 bits per heavy atom. The molecular formula is C15H13ClN2O. The minimum absolute atomic E-state index is 0.231. The summed E-state index contributed by atoms with van der Waals surface area (Å²) in [5.41, 5.74) is 1.70. The lowest BCUT2D eigenvalue weighted by Crippen LogP contribution is -2.13. The molecule has 0 bridgehead atoms. The second kappa shape index (κ2) is 5.02. The average molecular weight is 273 g/mol. The number of hydrogen-bond acceptors (Lipinski definition) is 2. The maximum atomic E-state index is 12.1. The summed E-state index contributed by atoms with van der Waals surface area (Å²) in [4.78, 5) is 16.3. The molecule has 0 saturated heterocycles. The second-order valence-electron chi connectivity index (χ2n) is 4.68. The number of nitrogens with zero attached hydrogens (tertiary/aromatic N) is 1. The minimum Gasteiger partial charge on any atom is -0.307 e. The van der Waals surface area contributed by atoms with Crippen LogP contribution in [0.5, 0.6) is 0 Å². The van der Waals surface area contributed by atoms with Gasteiger partial charge >= 0.3 is 0 Å². The first kappa shape index (κ1) is 12.2. The fourth-order valence-corrected chi connectivity index (χ4v) is 2.24. The van der Waals surface area contributed by atoms with Gasteiger partial charge in [0.05, 0.1) is 10.6 Å². The van der Waals surface area contributed by atoms with Crippen LogP contribution in [0.3, 0.4) is 0 Å². The van der Waals surface area contributed by atoms with E-state index in [2.05, 4.69) is 10.3 Å². The van der Waals surface area contributed by atoms with Crippen molar-refractivity contribution in [2.24, 2.45) is 0 Å². The predicted molar refractivity (Wildman–Crippen MR) is 75.6 cm³/mol. The molecule has 3 rings (SSSR count). The molecule has 1 aromatic carbocycles. The standard InChI is InChI=1S/C15H13ClN2O/c16-13-4-2-1-3-12(13)15(19)18-14-9-11(7-8-17-14)10-5-6-10/h1-4,7-10H,5-6H2,(H,17,18,19). The van der Waals surface area contributed by atoms with E-state index in [-0.39, 0.29) is 5.91 Å². The Balaban J connectivity index is 1.79. The molecule has 19 heavy (non-hydrogen) atoms. The summed E-state index contributed by atoms with van der Waals surface area (Å²) in [6, 6.07) is 10.9. The maximum absolute atomic E-state index is 12.1. The number of anilines is 1. The molecule has 1 aliphatic rings. The van der Waals surface area contributed by atoms with Gasteiger partial charge in [0.15, 0.2) is 0 Å². The van der Waals surface area contributed by atoms with Gasteiger partial charge in [-0.2, -0.15) is 0 Å². The van der Waals surface area contributed by atoms with Crippen molar-refractivity contribution >= 4 is 23.3 Å². The van der Waals surface area contributed by atoms with E-state index in [9.17, 15) is 4.79 Å². The molecule has 2 aromatic rings. The highest BCUT2D eigenvalue weighted by Crippen LogP contribution is 2.40. The molecule has 0 radical (unpaired) electrons. The molecule has 0 atom stereocenters. The number of nitrogens with one attached hydrogen (secondary N) is 1. The van der Waals surface area contributed by atoms with Crippen molar-refractivity contribution in [3.8, 4) is 0 Å². The van der Waals surface area contributed by atoms with Crippen molar-refractivity contribution in [2.45, 2.75) is 18.8 Å². The number of aromatic nitrogens is 1. The van der Waals surface area contributed by atoms with Crippen molar-refractivity contribution in [2.75, 3.05) is 5.32 Å². The summed E-state index contributed by atoms with van der Waals surface area (Å²) in [6.45, 7) is 0. The van der Waals surface area contributed by atoms with E-state index >= 15 is 0 Å². The maximum Gasteiger partial charge on any atom is 0.258 e. The van der Waals surface area contributed by atoms with Gasteiger partial charge < -0.3 is 5.32 Å². The molecule has 96 valence electrons. The molecule has 1 N–H and O–H groups in total. The predicted octanol–water partition coefficient (Wildman–Crippen LogP) is 3.86. The van der Waals surface area contributed by atoms with E-state index in [4.69, 9.17) is 11.6 Å². The van der Waals surface area contributed by atoms with E-state index in [0.717, 1.165) is 0 Å². The molecule has 0 unspecified atom stereocenters. The molecule has 3 nitrogen and oxygen atoms in total. The minimum atomic E-state index is -0.231. The Hall–Kier alpha value is -1.87. The average Bonchev–Trinajstić information content (AvgIpc) is 3.24. The van der Waals surface area contributed by atoms with Crippen LogP contribution in [0.4, 0.5) is 5.82 Å². The summed E-state index contributed by atoms with van der Waals surface area (Å²) >= 11 is 6.00. The van der Waals surface area contributed by atoms with Crippen LogP contribution in [0.1, 0.15) is 34.7 Å². The molecule has 1 fully saturated rings. The fraction of sp³-hybridized carbons (Fsp3) is 0.200. The molecule has 1 amide bonds. The number of carbonyl (C=O) groups excluding carboxylic acids is 1. The number of pyridine rings is 1. The Kier molecular flexibility index (Phi) is 3.22. The summed E-state index contributed by atoms with van der Waals surface area (Å²) in [7, 11) is 0. The zero-order valence-electron chi connectivity index (χ0n) is 10.3. The molecule has 1 aliphatic carbocycles. The molecule has 1 heterocycles. The molecule has 0 spiro atoms. The monoisotopic (exact) mass is 272 g/mol. The van der Waals surface area contributed by atoms with Gasteiger partial charge in [-0.25, -0.2) is 4.98 Å². The van der Waals surface area contributed by atoms with Gasteiger partial charge in [0.25, 0.3) is 5.91 Å². The van der Waals surface area contributed by atoms with Crippen molar-refractivity contribution in [1.82, 2.24) is 4.98 Å². The van der Waals surface area contributed by atoms with Gasteiger partial charge in [0.2, 0.25) is 0 Å². The third kappa shape index (κ3) is 2.76. The van der Waals surface area contributed by atoms with E-state index in [0.29, 0.717) is 22.3 Å². The van der Waals surface area contributed by atoms with Gasteiger partial charge in [0.1, 0.15) is 5.82 Å². The van der Waals surface area contributed by atoms with Gasteiger partial charge in [-0.3, -0.25) is 4.79 Å². The topological polar surface area (TPSA) is 42.0 Å². The van der Waals surface area contributed by atoms with Crippen molar-refractivity contribution in [3.05, 3.63) is 58.7 Å². The Labute approximate surface area is 116 Å². The lowest BCUT2D eigenvalue weighted by molar-refractivity contribution is 0.102. The zero-order chi connectivity index (χ0) is 13.2. The number of hydrogen-bond donors (Lipinski definition) is 1. The Bertz CT molecular complexity index is 623. The van der Waals surface area contributed by atoms with E-state index in [1.54, 1.807) is 30.5 Å².